The van der Waals surface area contributed by atoms with Crippen LogP contribution in [-0.2, 0) is 6.61 Å². The number of nitrogens with zero attached hydrogens (tertiary/aromatic N) is 1. The molecular formula is C20H17ClN2O2. The van der Waals surface area contributed by atoms with Gasteiger partial charge in [-0.2, -0.15) is 0 Å². The summed E-state index contributed by atoms with van der Waals surface area (Å²) in [7, 11) is 0. The van der Waals surface area contributed by atoms with E-state index < -0.39 is 0 Å². The normalized spacial score (nSPS) is 10.3. The number of aryl methyl sites for hydroxylation is 1. The van der Waals surface area contributed by atoms with Gasteiger partial charge in [-0.3, -0.25) is 9.78 Å². The largest absolute Gasteiger partial charge is 0.488 e. The minimum absolute atomic E-state index is 0.234. The standard InChI is InChI=1S/C20H17ClN2O2/c1-14-10-11-22-12-18(14)23-20(24)17-4-2-3-5-19(17)25-13-15-6-8-16(21)9-7-15/h2-12H,13H2,1H3,(H,23,24). The van der Waals surface area contributed by atoms with Crippen molar-refractivity contribution in [2.45, 2.75) is 13.5 Å². The second-order valence-electron chi connectivity index (χ2n) is 5.56. The van der Waals surface area contributed by atoms with E-state index in [0.29, 0.717) is 28.6 Å². The van der Waals surface area contributed by atoms with Gasteiger partial charge in [-0.15, -0.1) is 0 Å². The molecule has 1 amide bonds. The highest BCUT2D eigenvalue weighted by Gasteiger charge is 2.13. The monoisotopic (exact) mass is 352 g/mol. The Morgan fingerprint density at radius 1 is 1.12 bits per heavy atom. The topological polar surface area (TPSA) is 51.2 Å². The molecule has 3 aromatic rings. The third kappa shape index (κ3) is 4.37. The van der Waals surface area contributed by atoms with E-state index in [1.807, 2.05) is 43.3 Å². The molecule has 0 saturated heterocycles. The second-order valence-corrected chi connectivity index (χ2v) is 5.99. The molecular weight excluding hydrogens is 336 g/mol. The zero-order valence-corrected chi connectivity index (χ0v) is 14.5. The number of amides is 1. The maximum absolute atomic E-state index is 12.6. The maximum Gasteiger partial charge on any atom is 0.259 e. The Morgan fingerprint density at radius 3 is 2.64 bits per heavy atom. The molecule has 0 aliphatic carbocycles. The van der Waals surface area contributed by atoms with Crippen LogP contribution in [0.1, 0.15) is 21.5 Å². The van der Waals surface area contributed by atoms with Gasteiger partial charge in [-0.05, 0) is 48.4 Å². The number of pyridine rings is 1. The lowest BCUT2D eigenvalue weighted by atomic mass is 10.1. The van der Waals surface area contributed by atoms with Gasteiger partial charge in [-0.1, -0.05) is 35.9 Å². The Balaban J connectivity index is 1.75. The Labute approximate surface area is 151 Å². The smallest absolute Gasteiger partial charge is 0.259 e. The van der Waals surface area contributed by atoms with E-state index in [1.54, 1.807) is 30.6 Å². The lowest BCUT2D eigenvalue weighted by Gasteiger charge is -2.12. The average molecular weight is 353 g/mol. The van der Waals surface area contributed by atoms with Crippen molar-refractivity contribution in [1.29, 1.82) is 0 Å². The summed E-state index contributed by atoms with van der Waals surface area (Å²) in [5.74, 6) is 0.291. The summed E-state index contributed by atoms with van der Waals surface area (Å²) in [6, 6.07) is 16.4. The predicted octanol–water partition coefficient (Wildman–Crippen LogP) is 4.87. The van der Waals surface area contributed by atoms with E-state index in [9.17, 15) is 4.79 Å². The van der Waals surface area contributed by atoms with Crippen molar-refractivity contribution in [1.82, 2.24) is 4.98 Å². The SMILES string of the molecule is Cc1ccncc1NC(=O)c1ccccc1OCc1ccc(Cl)cc1. The molecule has 1 aromatic heterocycles. The Kier molecular flexibility index (Phi) is 5.31. The number of carbonyl (C=O) groups excluding carboxylic acids is 1. The first-order chi connectivity index (χ1) is 12.1. The van der Waals surface area contributed by atoms with E-state index in [1.165, 1.54) is 0 Å². The highest BCUT2D eigenvalue weighted by atomic mass is 35.5. The van der Waals surface area contributed by atoms with Crippen molar-refractivity contribution in [2.24, 2.45) is 0 Å². The summed E-state index contributed by atoms with van der Waals surface area (Å²) in [6.45, 7) is 2.27. The Hall–Kier alpha value is -2.85. The van der Waals surface area contributed by atoms with Crippen LogP contribution in [0, 0.1) is 6.92 Å². The third-order valence-corrected chi connectivity index (χ3v) is 3.98. The summed E-state index contributed by atoms with van der Waals surface area (Å²) in [4.78, 5) is 16.6. The van der Waals surface area contributed by atoms with Crippen molar-refractivity contribution in [3.63, 3.8) is 0 Å². The number of hydrogen-bond donors (Lipinski definition) is 1. The van der Waals surface area contributed by atoms with Crippen molar-refractivity contribution in [2.75, 3.05) is 5.32 Å². The van der Waals surface area contributed by atoms with Gasteiger partial charge < -0.3 is 10.1 Å². The average Bonchev–Trinajstić information content (AvgIpc) is 2.63. The molecule has 5 heteroatoms. The van der Waals surface area contributed by atoms with Crippen LogP contribution < -0.4 is 10.1 Å². The van der Waals surface area contributed by atoms with E-state index in [-0.39, 0.29) is 5.91 Å². The number of halogens is 1. The first-order valence-electron chi connectivity index (χ1n) is 7.82. The molecule has 2 aromatic carbocycles. The van der Waals surface area contributed by atoms with Crippen LogP contribution in [0.3, 0.4) is 0 Å². The minimum atomic E-state index is -0.234. The number of benzene rings is 2. The van der Waals surface area contributed by atoms with Crippen molar-refractivity contribution in [3.05, 3.63) is 88.7 Å². The van der Waals surface area contributed by atoms with E-state index in [2.05, 4.69) is 10.3 Å². The fourth-order valence-electron chi connectivity index (χ4n) is 2.31. The van der Waals surface area contributed by atoms with Crippen LogP contribution in [0.2, 0.25) is 5.02 Å². The van der Waals surface area contributed by atoms with Gasteiger partial charge in [0.2, 0.25) is 0 Å². The first kappa shape index (κ1) is 17.0. The molecule has 0 aliphatic rings. The fourth-order valence-corrected chi connectivity index (χ4v) is 2.43. The number of rotatable bonds is 5. The predicted molar refractivity (Wildman–Crippen MR) is 99.2 cm³/mol. The van der Waals surface area contributed by atoms with Crippen molar-refractivity contribution >= 4 is 23.2 Å². The molecule has 0 saturated carbocycles. The molecule has 25 heavy (non-hydrogen) atoms. The van der Waals surface area contributed by atoms with E-state index in [0.717, 1.165) is 11.1 Å². The third-order valence-electron chi connectivity index (χ3n) is 3.73. The summed E-state index contributed by atoms with van der Waals surface area (Å²) >= 11 is 5.89. The van der Waals surface area contributed by atoms with Crippen LogP contribution in [0.4, 0.5) is 5.69 Å². The summed E-state index contributed by atoms with van der Waals surface area (Å²) in [5, 5.41) is 3.55. The van der Waals surface area contributed by atoms with Gasteiger partial charge in [0.05, 0.1) is 17.4 Å². The highest BCUT2D eigenvalue weighted by molar-refractivity contribution is 6.30. The Morgan fingerprint density at radius 2 is 1.88 bits per heavy atom. The molecule has 1 N–H and O–H groups in total. The molecule has 4 nitrogen and oxygen atoms in total. The molecule has 0 fully saturated rings. The molecule has 0 bridgehead atoms. The fraction of sp³-hybridized carbons (Fsp3) is 0.100. The summed E-state index contributed by atoms with van der Waals surface area (Å²) in [5.41, 5.74) is 3.07. The van der Waals surface area contributed by atoms with Gasteiger partial charge >= 0.3 is 0 Å². The number of nitrogens with one attached hydrogen (secondary N) is 1. The molecule has 0 spiro atoms. The molecule has 1 heterocycles. The maximum atomic E-state index is 12.6. The van der Waals surface area contributed by atoms with Crippen molar-refractivity contribution < 1.29 is 9.53 Å². The Bertz CT molecular complexity index is 879. The second kappa shape index (κ2) is 7.81. The molecule has 3 rings (SSSR count). The molecule has 0 aliphatic heterocycles. The van der Waals surface area contributed by atoms with Gasteiger partial charge in [-0.25, -0.2) is 0 Å². The van der Waals surface area contributed by atoms with Crippen LogP contribution in [0.5, 0.6) is 5.75 Å². The number of anilines is 1. The van der Waals surface area contributed by atoms with Gasteiger partial charge in [0.15, 0.2) is 0 Å². The first-order valence-corrected chi connectivity index (χ1v) is 8.19. The quantitative estimate of drug-likeness (QED) is 0.712. The lowest BCUT2D eigenvalue weighted by molar-refractivity contribution is 0.102. The zero-order chi connectivity index (χ0) is 17.6. The van der Waals surface area contributed by atoms with Gasteiger partial charge in [0, 0.05) is 11.2 Å². The number of ether oxygens (including phenoxy) is 1. The van der Waals surface area contributed by atoms with Crippen LogP contribution in [-0.4, -0.2) is 10.9 Å². The number of carbonyl (C=O) groups is 1. The van der Waals surface area contributed by atoms with Gasteiger partial charge in [0.1, 0.15) is 12.4 Å². The van der Waals surface area contributed by atoms with Crippen molar-refractivity contribution in [3.8, 4) is 5.75 Å². The summed E-state index contributed by atoms with van der Waals surface area (Å²) in [6.07, 6.45) is 3.32. The number of para-hydroxylation sites is 1. The van der Waals surface area contributed by atoms with E-state index >= 15 is 0 Å². The van der Waals surface area contributed by atoms with E-state index in [4.69, 9.17) is 16.3 Å². The molecule has 0 radical (unpaired) electrons. The summed E-state index contributed by atoms with van der Waals surface area (Å²) < 4.78 is 5.83. The molecule has 0 unspecified atom stereocenters. The van der Waals surface area contributed by atoms with Crippen LogP contribution in [0.25, 0.3) is 0 Å². The highest BCUT2D eigenvalue weighted by Crippen LogP contribution is 2.22. The van der Waals surface area contributed by atoms with Gasteiger partial charge in [0.25, 0.3) is 5.91 Å². The number of hydrogen-bond acceptors (Lipinski definition) is 3. The minimum Gasteiger partial charge on any atom is -0.488 e. The van der Waals surface area contributed by atoms with Crippen LogP contribution in [0.15, 0.2) is 67.0 Å². The number of aromatic nitrogens is 1. The molecule has 0 atom stereocenters. The molecule has 126 valence electrons. The van der Waals surface area contributed by atoms with Crippen LogP contribution >= 0.6 is 11.6 Å². The zero-order valence-electron chi connectivity index (χ0n) is 13.7. The lowest BCUT2D eigenvalue weighted by Crippen LogP contribution is -2.14.